The van der Waals surface area contributed by atoms with Gasteiger partial charge >= 0.3 is 0 Å². The van der Waals surface area contributed by atoms with Crippen LogP contribution in [-0.2, 0) is 0 Å². The average molecular weight is 869 g/mol. The van der Waals surface area contributed by atoms with Crippen LogP contribution in [0.5, 0.6) is 0 Å². The highest BCUT2D eigenvalue weighted by Gasteiger charge is 2.20. The molecule has 11 rings (SSSR count). The summed E-state index contributed by atoms with van der Waals surface area (Å²) in [6.07, 6.45) is 0. The van der Waals surface area contributed by atoms with Gasteiger partial charge in [0, 0.05) is 34.0 Å². The van der Waals surface area contributed by atoms with Crippen LogP contribution in [0.2, 0.25) is 0 Å². The molecule has 0 aromatic heterocycles. The molecule has 322 valence electrons. The molecule has 0 unspecified atom stereocenters. The van der Waals surface area contributed by atoms with Gasteiger partial charge in [-0.3, -0.25) is 0 Å². The van der Waals surface area contributed by atoms with E-state index in [0.29, 0.717) is 0 Å². The Bertz CT molecular complexity index is 3390. The zero-order valence-corrected chi connectivity index (χ0v) is 37.6. The fourth-order valence-electron chi connectivity index (χ4n) is 9.30. The van der Waals surface area contributed by atoms with Gasteiger partial charge in [-0.15, -0.1) is 0 Å². The largest absolute Gasteiger partial charge is 0.311 e. The lowest BCUT2D eigenvalue weighted by molar-refractivity contribution is 1.28. The fourth-order valence-corrected chi connectivity index (χ4v) is 9.30. The third kappa shape index (κ3) is 8.75. The summed E-state index contributed by atoms with van der Waals surface area (Å²) in [6, 6.07) is 105. The summed E-state index contributed by atoms with van der Waals surface area (Å²) in [5, 5.41) is 0. The van der Waals surface area contributed by atoms with Gasteiger partial charge in [-0.25, -0.2) is 0 Å². The molecule has 0 atom stereocenters. The Morgan fingerprint density at radius 3 is 0.956 bits per heavy atom. The minimum absolute atomic E-state index is 1.09. The molecule has 0 fully saturated rings. The molecule has 11 aromatic rings. The van der Waals surface area contributed by atoms with Crippen molar-refractivity contribution in [3.8, 4) is 66.8 Å². The van der Waals surface area contributed by atoms with E-state index in [1.165, 1.54) is 44.5 Å². The highest BCUT2D eigenvalue weighted by Crippen LogP contribution is 2.45. The van der Waals surface area contributed by atoms with Gasteiger partial charge in [0.1, 0.15) is 0 Å². The number of hydrogen-bond donors (Lipinski definition) is 0. The summed E-state index contributed by atoms with van der Waals surface area (Å²) in [5.74, 6) is 0. The van der Waals surface area contributed by atoms with Crippen molar-refractivity contribution in [2.45, 2.75) is 0 Å². The van der Waals surface area contributed by atoms with Gasteiger partial charge in [0.05, 0.1) is 5.69 Å². The van der Waals surface area contributed by atoms with Crippen molar-refractivity contribution in [3.63, 3.8) is 0 Å². The van der Waals surface area contributed by atoms with Crippen LogP contribution in [0.3, 0.4) is 0 Å². The van der Waals surface area contributed by atoms with Crippen molar-refractivity contribution in [1.29, 1.82) is 0 Å². The van der Waals surface area contributed by atoms with Crippen molar-refractivity contribution in [2.24, 2.45) is 0 Å². The maximum Gasteiger partial charge on any atom is 0.0540 e. The molecule has 0 spiro atoms. The molecule has 68 heavy (non-hydrogen) atoms. The van der Waals surface area contributed by atoms with E-state index in [0.717, 1.165) is 56.4 Å². The van der Waals surface area contributed by atoms with Crippen LogP contribution >= 0.6 is 0 Å². The first-order valence-electron chi connectivity index (χ1n) is 23.2. The second-order valence-corrected chi connectivity index (χ2v) is 16.9. The first-order valence-corrected chi connectivity index (χ1v) is 23.2. The molecule has 2 nitrogen and oxygen atoms in total. The quantitative estimate of drug-likeness (QED) is 0.121. The molecule has 0 radical (unpaired) electrons. The van der Waals surface area contributed by atoms with Crippen LogP contribution in [0.25, 0.3) is 66.8 Å². The van der Waals surface area contributed by atoms with Crippen molar-refractivity contribution < 1.29 is 0 Å². The highest BCUT2D eigenvalue weighted by molar-refractivity contribution is 5.94. The van der Waals surface area contributed by atoms with E-state index >= 15 is 0 Å². The lowest BCUT2D eigenvalue weighted by atomic mass is 9.90. The Hall–Kier alpha value is -8.98. The van der Waals surface area contributed by atoms with Gasteiger partial charge in [0.2, 0.25) is 0 Å². The smallest absolute Gasteiger partial charge is 0.0540 e. The summed E-state index contributed by atoms with van der Waals surface area (Å²) >= 11 is 0. The molecule has 0 aliphatic carbocycles. The van der Waals surface area contributed by atoms with E-state index in [9.17, 15) is 0 Å². The minimum atomic E-state index is 1.09. The normalized spacial score (nSPS) is 10.9. The van der Waals surface area contributed by atoms with Gasteiger partial charge in [0.25, 0.3) is 0 Å². The first kappa shape index (κ1) is 41.7. The predicted molar refractivity (Wildman–Crippen MR) is 288 cm³/mol. The van der Waals surface area contributed by atoms with Gasteiger partial charge in [-0.05, 0) is 140 Å². The maximum atomic E-state index is 2.38. The standard InChI is InChI=1S/C66H48N2/c1-6-19-49(20-7-1)51-33-40-60(41-34-51)67(58-27-12-4-13-28-58)61-42-37-53(38-43-61)55-25-18-26-56(47-55)63-31-16-17-32-64(63)57-39-46-66(65(48-57)54-23-10-3-11-24-54)68(59-29-14-5-15-30-59)62-44-35-52(36-45-62)50-21-8-2-9-22-50/h1-48H. The zero-order valence-electron chi connectivity index (χ0n) is 37.6. The Labute approximate surface area is 400 Å². The molecule has 0 amide bonds. The van der Waals surface area contributed by atoms with E-state index in [1.807, 2.05) is 0 Å². The molecule has 0 heterocycles. The van der Waals surface area contributed by atoms with Crippen molar-refractivity contribution in [1.82, 2.24) is 0 Å². The van der Waals surface area contributed by atoms with Crippen molar-refractivity contribution >= 4 is 34.1 Å². The lowest BCUT2D eigenvalue weighted by Crippen LogP contribution is -2.11. The van der Waals surface area contributed by atoms with Gasteiger partial charge < -0.3 is 9.80 Å². The fraction of sp³-hybridized carbons (Fsp3) is 0. The van der Waals surface area contributed by atoms with E-state index in [-0.39, 0.29) is 0 Å². The number of anilines is 6. The predicted octanol–water partition coefficient (Wildman–Crippen LogP) is 18.6. The van der Waals surface area contributed by atoms with Crippen LogP contribution in [0.15, 0.2) is 291 Å². The topological polar surface area (TPSA) is 6.48 Å². The van der Waals surface area contributed by atoms with Gasteiger partial charge in [0.15, 0.2) is 0 Å². The summed E-state index contributed by atoms with van der Waals surface area (Å²) in [7, 11) is 0. The summed E-state index contributed by atoms with van der Waals surface area (Å²) in [5.41, 5.74) is 20.7. The van der Waals surface area contributed by atoms with Crippen molar-refractivity contribution in [2.75, 3.05) is 9.80 Å². The van der Waals surface area contributed by atoms with E-state index < -0.39 is 0 Å². The molecule has 0 saturated heterocycles. The molecule has 0 bridgehead atoms. The molecular weight excluding hydrogens is 821 g/mol. The monoisotopic (exact) mass is 868 g/mol. The Kier molecular flexibility index (Phi) is 11.8. The van der Waals surface area contributed by atoms with Crippen LogP contribution in [-0.4, -0.2) is 0 Å². The van der Waals surface area contributed by atoms with Crippen LogP contribution in [0.1, 0.15) is 0 Å². The number of para-hydroxylation sites is 2. The maximum absolute atomic E-state index is 2.38. The third-order valence-corrected chi connectivity index (χ3v) is 12.7. The Morgan fingerprint density at radius 1 is 0.162 bits per heavy atom. The number of benzene rings is 11. The summed E-state index contributed by atoms with van der Waals surface area (Å²) in [4.78, 5) is 4.70. The van der Waals surface area contributed by atoms with Gasteiger partial charge in [-0.1, -0.05) is 212 Å². The number of nitrogens with zero attached hydrogens (tertiary/aromatic N) is 2. The van der Waals surface area contributed by atoms with E-state index in [1.54, 1.807) is 0 Å². The SMILES string of the molecule is c1ccc(-c2ccc(N(c3ccccc3)c3ccc(-c4cccc(-c5ccccc5-c5ccc(N(c6ccccc6)c6ccc(-c7ccccc7)cc6)c(-c6ccccc6)c5)c4)cc3)cc2)cc1. The van der Waals surface area contributed by atoms with Gasteiger partial charge in [-0.2, -0.15) is 0 Å². The second-order valence-electron chi connectivity index (χ2n) is 16.9. The molecule has 2 heteroatoms. The zero-order chi connectivity index (χ0) is 45.5. The molecular formula is C66H48N2. The number of rotatable bonds is 12. The second kappa shape index (κ2) is 19.2. The van der Waals surface area contributed by atoms with E-state index in [4.69, 9.17) is 0 Å². The molecule has 0 N–H and O–H groups in total. The molecule has 0 aliphatic rings. The first-order chi connectivity index (χ1) is 33.7. The van der Waals surface area contributed by atoms with Crippen LogP contribution in [0, 0.1) is 0 Å². The molecule has 11 aromatic carbocycles. The van der Waals surface area contributed by atoms with Crippen LogP contribution in [0.4, 0.5) is 34.1 Å². The van der Waals surface area contributed by atoms with Crippen LogP contribution < -0.4 is 9.80 Å². The highest BCUT2D eigenvalue weighted by atomic mass is 15.1. The third-order valence-electron chi connectivity index (χ3n) is 12.7. The Morgan fingerprint density at radius 2 is 0.471 bits per heavy atom. The van der Waals surface area contributed by atoms with Crippen molar-refractivity contribution in [3.05, 3.63) is 291 Å². The lowest BCUT2D eigenvalue weighted by Gasteiger charge is -2.28. The minimum Gasteiger partial charge on any atom is -0.311 e. The summed E-state index contributed by atoms with van der Waals surface area (Å²) in [6.45, 7) is 0. The average Bonchev–Trinajstić information content (AvgIpc) is 3.43. The summed E-state index contributed by atoms with van der Waals surface area (Å²) < 4.78 is 0. The molecule has 0 saturated carbocycles. The number of hydrogen-bond acceptors (Lipinski definition) is 2. The van der Waals surface area contributed by atoms with E-state index in [2.05, 4.69) is 301 Å². The molecule has 0 aliphatic heterocycles. The Balaban J connectivity index is 0.940.